The fourth-order valence-electron chi connectivity index (χ4n) is 1.13. The van der Waals surface area contributed by atoms with Crippen LogP contribution in [0.3, 0.4) is 0 Å². The van der Waals surface area contributed by atoms with Gasteiger partial charge in [-0.1, -0.05) is 17.6 Å². The minimum atomic E-state index is 0.839. The predicted octanol–water partition coefficient (Wildman–Crippen LogP) is 0.734. The van der Waals surface area contributed by atoms with Crippen molar-refractivity contribution in [3.05, 3.63) is 24.3 Å². The van der Waals surface area contributed by atoms with Gasteiger partial charge in [0.25, 0.3) is 0 Å². The Labute approximate surface area is 74.2 Å². The zero-order valence-electron chi connectivity index (χ0n) is 7.42. The molecule has 12 heavy (non-hydrogen) atoms. The van der Waals surface area contributed by atoms with Crippen molar-refractivity contribution in [1.82, 2.24) is 0 Å². The highest BCUT2D eigenvalue weighted by atomic mass is 16.5. The van der Waals surface area contributed by atoms with Crippen molar-refractivity contribution in [1.29, 1.82) is 0 Å². The van der Waals surface area contributed by atoms with Gasteiger partial charge in [-0.15, -0.1) is 0 Å². The molecule has 0 atom stereocenters. The fourth-order valence-corrected chi connectivity index (χ4v) is 1.13. The Bertz CT molecular complexity index is 251. The van der Waals surface area contributed by atoms with Crippen molar-refractivity contribution in [2.24, 2.45) is 5.92 Å². The first kappa shape index (κ1) is 7.72. The third-order valence-electron chi connectivity index (χ3n) is 2.20. The standard InChI is InChI=1S/C10H13BO/c11-9-3-5-10(6-4-9)12-7-8-1-2-8/h3-6,8H,1-2,7,11H2. The Balaban J connectivity index is 1.89. The summed E-state index contributed by atoms with van der Waals surface area (Å²) >= 11 is 0. The molecule has 1 aromatic rings. The number of hydrogen-bond donors (Lipinski definition) is 0. The normalized spacial score (nSPS) is 16.0. The van der Waals surface area contributed by atoms with Crippen molar-refractivity contribution < 1.29 is 4.74 Å². The number of ether oxygens (including phenoxy) is 1. The van der Waals surface area contributed by atoms with E-state index in [1.165, 1.54) is 18.3 Å². The monoisotopic (exact) mass is 160 g/mol. The van der Waals surface area contributed by atoms with E-state index in [-0.39, 0.29) is 0 Å². The lowest BCUT2D eigenvalue weighted by molar-refractivity contribution is 0.300. The zero-order chi connectivity index (χ0) is 8.39. The molecule has 1 nitrogen and oxygen atoms in total. The summed E-state index contributed by atoms with van der Waals surface area (Å²) in [4.78, 5) is 0. The Hall–Kier alpha value is -0.915. The lowest BCUT2D eigenvalue weighted by Gasteiger charge is -2.04. The number of rotatable bonds is 3. The zero-order valence-corrected chi connectivity index (χ0v) is 7.42. The highest BCUT2D eigenvalue weighted by Crippen LogP contribution is 2.29. The molecule has 0 saturated heterocycles. The fraction of sp³-hybridized carbons (Fsp3) is 0.400. The predicted molar refractivity (Wildman–Crippen MR) is 52.8 cm³/mol. The molecule has 2 heteroatoms. The molecule has 0 heterocycles. The Morgan fingerprint density at radius 2 is 1.92 bits per heavy atom. The first-order valence-corrected chi connectivity index (χ1v) is 4.54. The number of hydrogen-bond acceptors (Lipinski definition) is 1. The van der Waals surface area contributed by atoms with E-state index in [0.717, 1.165) is 18.3 Å². The SMILES string of the molecule is Bc1ccc(OCC2CC2)cc1. The smallest absolute Gasteiger partial charge is 0.139 e. The van der Waals surface area contributed by atoms with Crippen molar-refractivity contribution in [3.8, 4) is 5.75 Å². The van der Waals surface area contributed by atoms with Crippen LogP contribution in [0, 0.1) is 5.92 Å². The highest BCUT2D eigenvalue weighted by Gasteiger charge is 2.21. The van der Waals surface area contributed by atoms with E-state index in [9.17, 15) is 0 Å². The summed E-state index contributed by atoms with van der Waals surface area (Å²) in [5.74, 6) is 1.85. The van der Waals surface area contributed by atoms with E-state index in [4.69, 9.17) is 4.74 Å². The average Bonchev–Trinajstić information content (AvgIpc) is 2.87. The van der Waals surface area contributed by atoms with E-state index in [0.29, 0.717) is 0 Å². The topological polar surface area (TPSA) is 9.23 Å². The Kier molecular flexibility index (Phi) is 2.07. The van der Waals surface area contributed by atoms with Gasteiger partial charge in [0.1, 0.15) is 13.6 Å². The minimum absolute atomic E-state index is 0.839. The van der Waals surface area contributed by atoms with Gasteiger partial charge in [-0.05, 0) is 30.9 Å². The van der Waals surface area contributed by atoms with Crippen LogP contribution in [0.2, 0.25) is 0 Å². The van der Waals surface area contributed by atoms with Crippen molar-refractivity contribution in [3.63, 3.8) is 0 Å². The molecule has 1 fully saturated rings. The summed E-state index contributed by atoms with van der Waals surface area (Å²) in [7, 11) is 2.09. The lowest BCUT2D eigenvalue weighted by atomic mass is 9.97. The molecule has 1 aliphatic rings. The molecule has 1 aliphatic carbocycles. The van der Waals surface area contributed by atoms with Gasteiger partial charge in [0.05, 0.1) is 6.61 Å². The largest absolute Gasteiger partial charge is 0.493 e. The van der Waals surface area contributed by atoms with E-state index in [1.807, 2.05) is 12.1 Å². The molecule has 1 aromatic carbocycles. The minimum Gasteiger partial charge on any atom is -0.493 e. The van der Waals surface area contributed by atoms with Crippen LogP contribution in [0.1, 0.15) is 12.8 Å². The molecule has 0 radical (unpaired) electrons. The van der Waals surface area contributed by atoms with Crippen molar-refractivity contribution in [2.45, 2.75) is 12.8 Å². The molecule has 0 bridgehead atoms. The van der Waals surface area contributed by atoms with Crippen molar-refractivity contribution >= 4 is 13.3 Å². The molecule has 0 unspecified atom stereocenters. The van der Waals surface area contributed by atoms with Gasteiger partial charge < -0.3 is 4.74 Å². The lowest BCUT2D eigenvalue weighted by Crippen LogP contribution is -2.02. The summed E-state index contributed by atoms with van der Waals surface area (Å²) in [6.07, 6.45) is 2.71. The molecular weight excluding hydrogens is 147 g/mol. The Morgan fingerprint density at radius 1 is 1.25 bits per heavy atom. The molecule has 0 spiro atoms. The molecule has 62 valence electrons. The second-order valence-corrected chi connectivity index (χ2v) is 3.57. The average molecular weight is 160 g/mol. The molecule has 0 aliphatic heterocycles. The van der Waals surface area contributed by atoms with Gasteiger partial charge in [0.15, 0.2) is 0 Å². The third-order valence-corrected chi connectivity index (χ3v) is 2.20. The maximum atomic E-state index is 5.58. The maximum Gasteiger partial charge on any atom is 0.139 e. The van der Waals surface area contributed by atoms with E-state index in [1.54, 1.807) is 0 Å². The van der Waals surface area contributed by atoms with Crippen LogP contribution in [0.5, 0.6) is 5.75 Å². The summed E-state index contributed by atoms with van der Waals surface area (Å²) in [5.41, 5.74) is 1.29. The molecule has 0 N–H and O–H groups in total. The third kappa shape index (κ3) is 2.03. The van der Waals surface area contributed by atoms with Crippen LogP contribution < -0.4 is 10.2 Å². The second-order valence-electron chi connectivity index (χ2n) is 3.57. The molecule has 0 amide bonds. The molecule has 0 aromatic heterocycles. The van der Waals surface area contributed by atoms with Gasteiger partial charge >= 0.3 is 0 Å². The first-order valence-electron chi connectivity index (χ1n) is 4.54. The second kappa shape index (κ2) is 3.22. The van der Waals surface area contributed by atoms with Crippen LogP contribution in [-0.2, 0) is 0 Å². The maximum absolute atomic E-state index is 5.58. The van der Waals surface area contributed by atoms with Crippen LogP contribution in [0.4, 0.5) is 0 Å². The molecule has 2 rings (SSSR count). The molecular formula is C10H13BO. The van der Waals surface area contributed by atoms with Gasteiger partial charge in [0, 0.05) is 0 Å². The van der Waals surface area contributed by atoms with Gasteiger partial charge in [-0.25, -0.2) is 0 Å². The van der Waals surface area contributed by atoms with Crippen molar-refractivity contribution in [2.75, 3.05) is 6.61 Å². The highest BCUT2D eigenvalue weighted by molar-refractivity contribution is 6.32. The summed E-state index contributed by atoms with van der Waals surface area (Å²) in [5, 5.41) is 0. The van der Waals surface area contributed by atoms with Crippen LogP contribution in [-0.4, -0.2) is 14.5 Å². The first-order chi connectivity index (χ1) is 5.84. The van der Waals surface area contributed by atoms with E-state index in [2.05, 4.69) is 20.0 Å². The van der Waals surface area contributed by atoms with Crippen LogP contribution in [0.15, 0.2) is 24.3 Å². The van der Waals surface area contributed by atoms with Crippen LogP contribution in [0.25, 0.3) is 0 Å². The summed E-state index contributed by atoms with van der Waals surface area (Å²) in [6.45, 7) is 0.906. The summed E-state index contributed by atoms with van der Waals surface area (Å²) in [6, 6.07) is 8.25. The quantitative estimate of drug-likeness (QED) is 0.592. The molecule has 1 saturated carbocycles. The van der Waals surface area contributed by atoms with E-state index < -0.39 is 0 Å². The summed E-state index contributed by atoms with van der Waals surface area (Å²) < 4.78 is 5.58. The van der Waals surface area contributed by atoms with E-state index >= 15 is 0 Å². The van der Waals surface area contributed by atoms with Gasteiger partial charge in [-0.3, -0.25) is 0 Å². The van der Waals surface area contributed by atoms with Crippen LogP contribution >= 0.6 is 0 Å². The van der Waals surface area contributed by atoms with Gasteiger partial charge in [0.2, 0.25) is 0 Å². The number of benzene rings is 1. The van der Waals surface area contributed by atoms with Gasteiger partial charge in [-0.2, -0.15) is 0 Å². The Morgan fingerprint density at radius 3 is 2.50 bits per heavy atom.